The van der Waals surface area contributed by atoms with Gasteiger partial charge >= 0.3 is 0 Å². The first-order valence-corrected chi connectivity index (χ1v) is 9.71. The zero-order valence-corrected chi connectivity index (χ0v) is 15.8. The Kier molecular flexibility index (Phi) is 6.57. The van der Waals surface area contributed by atoms with Crippen molar-refractivity contribution >= 4 is 46.6 Å². The second-order valence-electron chi connectivity index (χ2n) is 5.64. The number of benzene rings is 2. The number of nitrogens with one attached hydrogen (secondary N) is 2. The molecule has 3 rings (SSSR count). The van der Waals surface area contributed by atoms with Crippen molar-refractivity contribution in [3.05, 3.63) is 83.3 Å². The van der Waals surface area contributed by atoms with Crippen molar-refractivity contribution in [2.75, 3.05) is 16.4 Å². The molecule has 0 atom stereocenters. The Hall–Kier alpha value is -2.70. The van der Waals surface area contributed by atoms with E-state index in [-0.39, 0.29) is 17.6 Å². The Morgan fingerprint density at radius 2 is 1.74 bits per heavy atom. The molecule has 0 bridgehead atoms. The van der Waals surface area contributed by atoms with Gasteiger partial charge < -0.3 is 15.1 Å². The zero-order valence-electron chi connectivity index (χ0n) is 14.3. The molecule has 0 spiro atoms. The summed E-state index contributed by atoms with van der Waals surface area (Å²) in [5.41, 5.74) is 2.17. The lowest BCUT2D eigenvalue weighted by Crippen LogP contribution is -2.15. The van der Waals surface area contributed by atoms with Crippen LogP contribution in [0.3, 0.4) is 0 Å². The number of hydrogen-bond acceptors (Lipinski definition) is 4. The van der Waals surface area contributed by atoms with Crippen LogP contribution in [0.1, 0.15) is 16.1 Å². The highest BCUT2D eigenvalue weighted by molar-refractivity contribution is 7.99. The van der Waals surface area contributed by atoms with E-state index >= 15 is 0 Å². The molecule has 3 aromatic rings. The SMILES string of the molecule is O=C(CSCc1ccccc1Cl)Nc1cccc(NC(=O)c2ccco2)c1. The van der Waals surface area contributed by atoms with E-state index in [2.05, 4.69) is 10.6 Å². The average molecular weight is 401 g/mol. The van der Waals surface area contributed by atoms with Crippen molar-refractivity contribution in [2.45, 2.75) is 5.75 Å². The van der Waals surface area contributed by atoms with Gasteiger partial charge in [0, 0.05) is 22.2 Å². The molecular formula is C20H17ClN2O3S. The monoisotopic (exact) mass is 400 g/mol. The van der Waals surface area contributed by atoms with Gasteiger partial charge in [-0.05, 0) is 42.0 Å². The van der Waals surface area contributed by atoms with Gasteiger partial charge in [0.15, 0.2) is 5.76 Å². The number of amides is 2. The number of thioether (sulfide) groups is 1. The second-order valence-corrected chi connectivity index (χ2v) is 7.04. The summed E-state index contributed by atoms with van der Waals surface area (Å²) in [4.78, 5) is 24.1. The molecule has 0 aliphatic heterocycles. The van der Waals surface area contributed by atoms with E-state index in [4.69, 9.17) is 16.0 Å². The van der Waals surface area contributed by atoms with E-state index in [0.717, 1.165) is 5.56 Å². The molecule has 1 aromatic heterocycles. The molecule has 2 N–H and O–H groups in total. The molecule has 5 nitrogen and oxygen atoms in total. The molecule has 7 heteroatoms. The van der Waals surface area contributed by atoms with Gasteiger partial charge in [-0.3, -0.25) is 9.59 Å². The average Bonchev–Trinajstić information content (AvgIpc) is 3.18. The van der Waals surface area contributed by atoms with Gasteiger partial charge in [0.2, 0.25) is 5.91 Å². The lowest BCUT2D eigenvalue weighted by atomic mass is 10.2. The van der Waals surface area contributed by atoms with E-state index in [1.54, 1.807) is 36.4 Å². The predicted molar refractivity (Wildman–Crippen MR) is 109 cm³/mol. The third-order valence-electron chi connectivity index (χ3n) is 3.60. The lowest BCUT2D eigenvalue weighted by molar-refractivity contribution is -0.113. The summed E-state index contributed by atoms with van der Waals surface area (Å²) in [6, 6.07) is 17.7. The molecule has 2 aromatic carbocycles. The van der Waals surface area contributed by atoms with E-state index < -0.39 is 0 Å². The Balaban J connectivity index is 1.50. The standard InChI is InChI=1S/C20H17ClN2O3S/c21-17-8-2-1-5-14(17)12-27-13-19(24)22-15-6-3-7-16(11-15)23-20(25)18-9-4-10-26-18/h1-11H,12-13H2,(H,22,24)(H,23,25). The lowest BCUT2D eigenvalue weighted by Gasteiger charge is -2.08. The van der Waals surface area contributed by atoms with E-state index in [0.29, 0.717) is 27.9 Å². The van der Waals surface area contributed by atoms with Crippen LogP contribution in [0.15, 0.2) is 71.3 Å². The van der Waals surface area contributed by atoms with Gasteiger partial charge in [-0.2, -0.15) is 0 Å². The first-order valence-electron chi connectivity index (χ1n) is 8.18. The molecule has 0 fully saturated rings. The van der Waals surface area contributed by atoms with Crippen LogP contribution in [0, 0.1) is 0 Å². The van der Waals surface area contributed by atoms with Gasteiger partial charge in [-0.25, -0.2) is 0 Å². The van der Waals surface area contributed by atoms with E-state index in [1.165, 1.54) is 18.0 Å². The number of rotatable bonds is 7. The highest BCUT2D eigenvalue weighted by Crippen LogP contribution is 2.21. The van der Waals surface area contributed by atoms with Crippen LogP contribution in [0.5, 0.6) is 0 Å². The maximum atomic E-state index is 12.1. The number of carbonyl (C=O) groups is 2. The summed E-state index contributed by atoms with van der Waals surface area (Å²) < 4.78 is 5.06. The summed E-state index contributed by atoms with van der Waals surface area (Å²) in [5, 5.41) is 6.25. The summed E-state index contributed by atoms with van der Waals surface area (Å²) in [5.74, 6) is 0.710. The Labute approximate surface area is 166 Å². The first kappa shape index (κ1) is 19.1. The number of furan rings is 1. The summed E-state index contributed by atoms with van der Waals surface area (Å²) in [6.07, 6.45) is 1.44. The van der Waals surface area contributed by atoms with Crippen molar-refractivity contribution in [3.63, 3.8) is 0 Å². The third-order valence-corrected chi connectivity index (χ3v) is 4.95. The van der Waals surface area contributed by atoms with Crippen LogP contribution < -0.4 is 10.6 Å². The van der Waals surface area contributed by atoms with Crippen molar-refractivity contribution in [1.29, 1.82) is 0 Å². The first-order chi connectivity index (χ1) is 13.1. The van der Waals surface area contributed by atoms with Crippen molar-refractivity contribution < 1.29 is 14.0 Å². The normalized spacial score (nSPS) is 10.4. The molecule has 0 aliphatic carbocycles. The molecule has 2 amide bonds. The van der Waals surface area contributed by atoms with Gasteiger partial charge in [0.25, 0.3) is 5.91 Å². The second kappa shape index (κ2) is 9.30. The molecule has 0 aliphatic rings. The number of hydrogen-bond donors (Lipinski definition) is 2. The van der Waals surface area contributed by atoms with Crippen LogP contribution in [-0.2, 0) is 10.5 Å². The predicted octanol–water partition coefficient (Wildman–Crippen LogP) is 5.06. The van der Waals surface area contributed by atoms with E-state index in [9.17, 15) is 9.59 Å². The molecular weight excluding hydrogens is 384 g/mol. The molecule has 1 heterocycles. The quantitative estimate of drug-likeness (QED) is 0.581. The molecule has 27 heavy (non-hydrogen) atoms. The third kappa shape index (κ3) is 5.64. The van der Waals surface area contributed by atoms with Crippen LogP contribution in [0.4, 0.5) is 11.4 Å². The minimum Gasteiger partial charge on any atom is -0.459 e. The van der Waals surface area contributed by atoms with Crippen molar-refractivity contribution in [1.82, 2.24) is 0 Å². The maximum Gasteiger partial charge on any atom is 0.291 e. The highest BCUT2D eigenvalue weighted by Gasteiger charge is 2.10. The number of carbonyl (C=O) groups excluding carboxylic acids is 2. The largest absolute Gasteiger partial charge is 0.459 e. The Morgan fingerprint density at radius 1 is 0.963 bits per heavy atom. The van der Waals surface area contributed by atoms with E-state index in [1.807, 2.05) is 24.3 Å². The van der Waals surface area contributed by atoms with Gasteiger partial charge in [-0.15, -0.1) is 11.8 Å². The zero-order chi connectivity index (χ0) is 19.1. The molecule has 0 saturated heterocycles. The van der Waals surface area contributed by atoms with Crippen LogP contribution in [0.25, 0.3) is 0 Å². The van der Waals surface area contributed by atoms with Gasteiger partial charge in [0.1, 0.15) is 0 Å². The fraction of sp³-hybridized carbons (Fsp3) is 0.100. The molecule has 0 radical (unpaired) electrons. The highest BCUT2D eigenvalue weighted by atomic mass is 35.5. The number of halogens is 1. The molecule has 138 valence electrons. The van der Waals surface area contributed by atoms with Crippen molar-refractivity contribution in [3.8, 4) is 0 Å². The summed E-state index contributed by atoms with van der Waals surface area (Å²) in [6.45, 7) is 0. The fourth-order valence-corrected chi connectivity index (χ4v) is 3.45. The number of anilines is 2. The van der Waals surface area contributed by atoms with Crippen molar-refractivity contribution in [2.24, 2.45) is 0 Å². The fourth-order valence-electron chi connectivity index (χ4n) is 2.34. The maximum absolute atomic E-state index is 12.1. The molecule has 0 saturated carbocycles. The minimum atomic E-state index is -0.348. The van der Waals surface area contributed by atoms with Crippen LogP contribution in [-0.4, -0.2) is 17.6 Å². The Morgan fingerprint density at radius 3 is 2.48 bits per heavy atom. The van der Waals surface area contributed by atoms with Gasteiger partial charge in [-0.1, -0.05) is 35.9 Å². The smallest absolute Gasteiger partial charge is 0.291 e. The minimum absolute atomic E-state index is 0.124. The summed E-state index contributed by atoms with van der Waals surface area (Å²) >= 11 is 7.59. The topological polar surface area (TPSA) is 71.3 Å². The molecule has 0 unspecified atom stereocenters. The van der Waals surface area contributed by atoms with Crippen LogP contribution >= 0.6 is 23.4 Å². The Bertz CT molecular complexity index is 928. The summed E-state index contributed by atoms with van der Waals surface area (Å²) in [7, 11) is 0. The van der Waals surface area contributed by atoms with Crippen LogP contribution in [0.2, 0.25) is 5.02 Å². The van der Waals surface area contributed by atoms with Gasteiger partial charge in [0.05, 0.1) is 12.0 Å².